The number of likely N-dealkylation sites (N-methyl/N-ethyl adjacent to an activating group) is 1. The molecule has 0 saturated carbocycles. The largest absolute Gasteiger partial charge is 0.508 e. The van der Waals surface area contributed by atoms with Crippen LogP contribution in [0.5, 0.6) is 5.75 Å². The summed E-state index contributed by atoms with van der Waals surface area (Å²) in [5, 5.41) is 20.8. The van der Waals surface area contributed by atoms with E-state index in [1.807, 2.05) is 0 Å². The fourth-order valence-corrected chi connectivity index (χ4v) is 1.99. The van der Waals surface area contributed by atoms with Crippen molar-refractivity contribution in [2.45, 2.75) is 12.1 Å². The second-order valence-corrected chi connectivity index (χ2v) is 3.92. The Bertz CT molecular complexity index is 474. The number of urea groups is 1. The molecule has 1 heterocycles. The minimum absolute atomic E-state index is 0.0411. The predicted molar refractivity (Wildman–Crippen MR) is 58.6 cm³/mol. The van der Waals surface area contributed by atoms with Gasteiger partial charge in [0.25, 0.3) is 0 Å². The number of phenolic OH excluding ortho intramolecular Hbond substituents is 1. The molecule has 6 nitrogen and oxygen atoms in total. The van der Waals surface area contributed by atoms with E-state index in [9.17, 15) is 14.7 Å². The van der Waals surface area contributed by atoms with E-state index in [0.29, 0.717) is 5.56 Å². The summed E-state index contributed by atoms with van der Waals surface area (Å²) in [7, 11) is 1.52. The number of hydrogen-bond donors (Lipinski definition) is 3. The summed E-state index contributed by atoms with van der Waals surface area (Å²) in [6, 6.07) is 4.17. The number of aliphatic carboxylic acids is 1. The van der Waals surface area contributed by atoms with Crippen molar-refractivity contribution < 1.29 is 19.8 Å². The van der Waals surface area contributed by atoms with Crippen molar-refractivity contribution in [2.75, 3.05) is 7.05 Å². The van der Waals surface area contributed by atoms with Crippen molar-refractivity contribution in [1.29, 1.82) is 0 Å². The van der Waals surface area contributed by atoms with Crippen molar-refractivity contribution >= 4 is 12.0 Å². The van der Waals surface area contributed by atoms with Gasteiger partial charge < -0.3 is 20.4 Å². The molecule has 0 bridgehead atoms. The van der Waals surface area contributed by atoms with E-state index in [4.69, 9.17) is 5.11 Å². The lowest BCUT2D eigenvalue weighted by Gasteiger charge is -2.21. The average molecular weight is 236 g/mol. The van der Waals surface area contributed by atoms with Crippen LogP contribution >= 0.6 is 0 Å². The number of carbonyl (C=O) groups excluding carboxylic acids is 1. The molecule has 0 radical (unpaired) electrons. The van der Waals surface area contributed by atoms with Crippen LogP contribution in [0.15, 0.2) is 24.3 Å². The zero-order chi connectivity index (χ0) is 12.6. The highest BCUT2D eigenvalue weighted by atomic mass is 16.4. The van der Waals surface area contributed by atoms with E-state index in [-0.39, 0.29) is 5.75 Å². The molecular weight excluding hydrogens is 224 g/mol. The third kappa shape index (κ3) is 1.89. The molecular formula is C11H12N2O4. The smallest absolute Gasteiger partial charge is 0.328 e. The fraction of sp³-hybridized carbons (Fsp3) is 0.273. The Kier molecular flexibility index (Phi) is 2.63. The molecule has 1 aromatic rings. The molecule has 2 unspecified atom stereocenters. The predicted octanol–water partition coefficient (Wildman–Crippen LogP) is 0.541. The van der Waals surface area contributed by atoms with Crippen LogP contribution in [0.4, 0.5) is 4.79 Å². The molecule has 0 aromatic heterocycles. The summed E-state index contributed by atoms with van der Waals surface area (Å²) in [5.41, 5.74) is 0.582. The molecule has 2 rings (SSSR count). The molecule has 2 atom stereocenters. The minimum atomic E-state index is -1.10. The Labute approximate surface area is 97.5 Å². The highest BCUT2D eigenvalue weighted by molar-refractivity contribution is 5.87. The highest BCUT2D eigenvalue weighted by Gasteiger charge is 2.42. The van der Waals surface area contributed by atoms with Crippen molar-refractivity contribution in [3.05, 3.63) is 29.8 Å². The van der Waals surface area contributed by atoms with Crippen LogP contribution in [-0.4, -0.2) is 40.2 Å². The van der Waals surface area contributed by atoms with Gasteiger partial charge in [-0.2, -0.15) is 0 Å². The molecule has 1 aromatic carbocycles. The molecule has 1 saturated heterocycles. The first-order valence-electron chi connectivity index (χ1n) is 5.06. The van der Waals surface area contributed by atoms with Gasteiger partial charge in [0.15, 0.2) is 6.04 Å². The van der Waals surface area contributed by atoms with E-state index in [0.717, 1.165) is 0 Å². The number of rotatable bonds is 2. The molecule has 0 aliphatic carbocycles. The Morgan fingerprint density at radius 3 is 2.76 bits per heavy atom. The van der Waals surface area contributed by atoms with Gasteiger partial charge in [-0.25, -0.2) is 9.59 Å². The number of carbonyl (C=O) groups is 2. The molecule has 3 N–H and O–H groups in total. The van der Waals surface area contributed by atoms with E-state index < -0.39 is 24.1 Å². The number of nitrogens with one attached hydrogen (secondary N) is 1. The van der Waals surface area contributed by atoms with E-state index in [2.05, 4.69) is 5.32 Å². The van der Waals surface area contributed by atoms with Crippen molar-refractivity contribution in [3.8, 4) is 5.75 Å². The zero-order valence-electron chi connectivity index (χ0n) is 9.12. The molecule has 1 aliphatic heterocycles. The third-order valence-corrected chi connectivity index (χ3v) is 2.81. The maximum absolute atomic E-state index is 11.4. The SMILES string of the molecule is CN1C(=O)NC(C(=O)O)C1c1cccc(O)c1. The second-order valence-electron chi connectivity index (χ2n) is 3.92. The lowest BCUT2D eigenvalue weighted by molar-refractivity contribution is -0.139. The summed E-state index contributed by atoms with van der Waals surface area (Å²) in [6.07, 6.45) is 0. The quantitative estimate of drug-likeness (QED) is 0.699. The fourth-order valence-electron chi connectivity index (χ4n) is 1.99. The van der Waals surface area contributed by atoms with E-state index in [1.54, 1.807) is 12.1 Å². The molecule has 1 fully saturated rings. The highest BCUT2D eigenvalue weighted by Crippen LogP contribution is 2.30. The van der Waals surface area contributed by atoms with Crippen molar-refractivity contribution in [1.82, 2.24) is 10.2 Å². The van der Waals surface area contributed by atoms with Crippen LogP contribution in [0.3, 0.4) is 0 Å². The monoisotopic (exact) mass is 236 g/mol. The zero-order valence-corrected chi connectivity index (χ0v) is 9.12. The Hall–Kier alpha value is -2.24. The van der Waals surface area contributed by atoms with Crippen LogP contribution in [0.25, 0.3) is 0 Å². The summed E-state index contributed by atoms with van der Waals surface area (Å²) in [5.74, 6) is -1.06. The number of carboxylic acids is 1. The second kappa shape index (κ2) is 3.97. The van der Waals surface area contributed by atoms with Gasteiger partial charge >= 0.3 is 12.0 Å². The standard InChI is InChI=1S/C11H12N2O4/c1-13-9(6-3-2-4-7(14)5-6)8(10(15)16)12-11(13)17/h2-5,8-9,14H,1H3,(H,12,17)(H,15,16). The summed E-state index contributed by atoms with van der Waals surface area (Å²) < 4.78 is 0. The number of hydrogen-bond acceptors (Lipinski definition) is 3. The Morgan fingerprint density at radius 1 is 1.47 bits per heavy atom. The maximum atomic E-state index is 11.4. The van der Waals surface area contributed by atoms with Gasteiger partial charge in [-0.1, -0.05) is 12.1 Å². The average Bonchev–Trinajstić information content (AvgIpc) is 2.56. The Morgan fingerprint density at radius 2 is 2.18 bits per heavy atom. The van der Waals surface area contributed by atoms with Crippen molar-refractivity contribution in [2.24, 2.45) is 0 Å². The first-order chi connectivity index (χ1) is 8.00. The number of nitrogens with zero attached hydrogens (tertiary/aromatic N) is 1. The van der Waals surface area contributed by atoms with Gasteiger partial charge in [0.05, 0.1) is 6.04 Å². The van der Waals surface area contributed by atoms with Gasteiger partial charge in [0.2, 0.25) is 0 Å². The lowest BCUT2D eigenvalue weighted by atomic mass is 10.00. The molecule has 1 aliphatic rings. The van der Waals surface area contributed by atoms with Gasteiger partial charge in [-0.15, -0.1) is 0 Å². The van der Waals surface area contributed by atoms with Crippen molar-refractivity contribution in [3.63, 3.8) is 0 Å². The maximum Gasteiger partial charge on any atom is 0.328 e. The van der Waals surface area contributed by atoms with Crippen LogP contribution < -0.4 is 5.32 Å². The molecule has 6 heteroatoms. The summed E-state index contributed by atoms with van der Waals surface area (Å²) in [4.78, 5) is 23.8. The van der Waals surface area contributed by atoms with Crippen LogP contribution in [-0.2, 0) is 4.79 Å². The minimum Gasteiger partial charge on any atom is -0.508 e. The molecule has 17 heavy (non-hydrogen) atoms. The topological polar surface area (TPSA) is 89.9 Å². The first kappa shape index (κ1) is 11.3. The third-order valence-electron chi connectivity index (χ3n) is 2.81. The van der Waals surface area contributed by atoms with Gasteiger partial charge in [-0.05, 0) is 17.7 Å². The number of benzene rings is 1. The summed E-state index contributed by atoms with van der Waals surface area (Å²) in [6.45, 7) is 0. The molecule has 0 spiro atoms. The number of aromatic hydroxyl groups is 1. The van der Waals surface area contributed by atoms with E-state index >= 15 is 0 Å². The lowest BCUT2D eigenvalue weighted by Crippen LogP contribution is -2.35. The Balaban J connectivity index is 2.40. The summed E-state index contributed by atoms with van der Waals surface area (Å²) >= 11 is 0. The number of phenols is 1. The van der Waals surface area contributed by atoms with Crippen LogP contribution in [0, 0.1) is 0 Å². The van der Waals surface area contributed by atoms with Gasteiger partial charge in [0.1, 0.15) is 5.75 Å². The molecule has 2 amide bonds. The number of amides is 2. The van der Waals surface area contributed by atoms with E-state index in [1.165, 1.54) is 24.1 Å². The van der Waals surface area contributed by atoms with Gasteiger partial charge in [0, 0.05) is 7.05 Å². The van der Waals surface area contributed by atoms with Gasteiger partial charge in [-0.3, -0.25) is 0 Å². The number of carboxylic acid groups (broad SMARTS) is 1. The van der Waals surface area contributed by atoms with Crippen LogP contribution in [0.1, 0.15) is 11.6 Å². The molecule has 90 valence electrons. The van der Waals surface area contributed by atoms with Crippen LogP contribution in [0.2, 0.25) is 0 Å². The normalized spacial score (nSPS) is 23.6. The first-order valence-corrected chi connectivity index (χ1v) is 5.06.